The van der Waals surface area contributed by atoms with Crippen LogP contribution in [0.15, 0.2) is 0 Å². The second-order valence-corrected chi connectivity index (χ2v) is 10.1. The maximum atomic E-state index is 12.9. The van der Waals surface area contributed by atoms with Gasteiger partial charge in [-0.15, -0.1) is 0 Å². The van der Waals surface area contributed by atoms with E-state index >= 15 is 0 Å². The average molecular weight is 529 g/mol. The number of amides is 4. The van der Waals surface area contributed by atoms with Crippen molar-refractivity contribution in [1.29, 1.82) is 0 Å². The van der Waals surface area contributed by atoms with Crippen LogP contribution in [0.2, 0.25) is 0 Å². The van der Waals surface area contributed by atoms with E-state index in [1.54, 1.807) is 0 Å². The molecule has 0 aliphatic carbocycles. The van der Waals surface area contributed by atoms with Gasteiger partial charge in [-0.05, 0) is 57.5 Å². The number of nitrogens with one attached hydrogen (secondary N) is 3. The largest absolute Gasteiger partial charge is 0.394 e. The molecule has 0 aromatic rings. The van der Waals surface area contributed by atoms with Crippen LogP contribution in [-0.4, -0.2) is 66.6 Å². The zero-order valence-electron chi connectivity index (χ0n) is 22.9. The van der Waals surface area contributed by atoms with Crippen molar-refractivity contribution in [2.75, 3.05) is 19.7 Å². The first-order valence-electron chi connectivity index (χ1n) is 13.9. The number of unbranched alkanes of at least 4 members (excludes halogenated alkanes) is 8. The Morgan fingerprint density at radius 2 is 1.16 bits per heavy atom. The summed E-state index contributed by atoms with van der Waals surface area (Å²) in [5.74, 6) is -2.06. The predicted octanol–water partition coefficient (Wildman–Crippen LogP) is 0.563. The summed E-state index contributed by atoms with van der Waals surface area (Å²) in [5.41, 5.74) is 16.5. The van der Waals surface area contributed by atoms with Crippen molar-refractivity contribution < 1.29 is 24.3 Å². The van der Waals surface area contributed by atoms with Crippen molar-refractivity contribution in [3.63, 3.8) is 0 Å². The number of aliphatic hydroxyl groups excluding tert-OH is 1. The molecule has 0 bridgehead atoms. The molecule has 0 aromatic heterocycles. The molecule has 10 N–H and O–H groups in total. The highest BCUT2D eigenvalue weighted by atomic mass is 16.3. The standard InChI is InChI=1S/C26H52N6O5/c1-19(2)17-21(24(29)35)32-25(36)20(13-10-12-16-28)31-26(37)22(18-33)30-23(34)14-9-7-5-3-4-6-8-11-15-27/h19-22,33H,3-18,27-28H2,1-2H3,(H2,29,35)(H,30,34)(H,31,37)(H,32,36)/t20-,21+,22-/m1/s1. The Labute approximate surface area is 222 Å². The third-order valence-corrected chi connectivity index (χ3v) is 6.14. The predicted molar refractivity (Wildman–Crippen MR) is 145 cm³/mol. The number of aliphatic hydroxyl groups is 1. The maximum absolute atomic E-state index is 12.9. The third kappa shape index (κ3) is 17.8. The molecule has 11 heteroatoms. The third-order valence-electron chi connectivity index (χ3n) is 6.14. The van der Waals surface area contributed by atoms with E-state index in [1.165, 1.54) is 6.42 Å². The number of hydrogen-bond acceptors (Lipinski definition) is 7. The van der Waals surface area contributed by atoms with Gasteiger partial charge in [0, 0.05) is 6.42 Å². The van der Waals surface area contributed by atoms with Gasteiger partial charge in [0.25, 0.3) is 0 Å². The van der Waals surface area contributed by atoms with Crippen LogP contribution < -0.4 is 33.2 Å². The Bertz CT molecular complexity index is 661. The molecule has 0 spiro atoms. The molecule has 0 radical (unpaired) electrons. The van der Waals surface area contributed by atoms with Crippen LogP contribution in [0.5, 0.6) is 0 Å². The average Bonchev–Trinajstić information content (AvgIpc) is 2.84. The van der Waals surface area contributed by atoms with Crippen LogP contribution in [0.25, 0.3) is 0 Å². The fraction of sp³-hybridized carbons (Fsp3) is 0.846. The lowest BCUT2D eigenvalue weighted by Crippen LogP contribution is -2.57. The van der Waals surface area contributed by atoms with E-state index in [9.17, 15) is 24.3 Å². The van der Waals surface area contributed by atoms with Crippen molar-refractivity contribution in [3.05, 3.63) is 0 Å². The molecule has 0 heterocycles. The lowest BCUT2D eigenvalue weighted by atomic mass is 10.0. The first kappa shape index (κ1) is 34.8. The maximum Gasteiger partial charge on any atom is 0.245 e. The number of rotatable bonds is 23. The molecule has 0 aliphatic heterocycles. The smallest absolute Gasteiger partial charge is 0.245 e. The van der Waals surface area contributed by atoms with Crippen molar-refractivity contribution in [2.24, 2.45) is 23.1 Å². The van der Waals surface area contributed by atoms with Gasteiger partial charge in [-0.1, -0.05) is 52.4 Å². The summed E-state index contributed by atoms with van der Waals surface area (Å²) in [6, 6.07) is -2.99. The van der Waals surface area contributed by atoms with E-state index in [1.807, 2.05) is 13.8 Å². The fourth-order valence-corrected chi connectivity index (χ4v) is 3.98. The van der Waals surface area contributed by atoms with E-state index in [2.05, 4.69) is 16.0 Å². The van der Waals surface area contributed by atoms with Gasteiger partial charge in [0.05, 0.1) is 6.61 Å². The van der Waals surface area contributed by atoms with Gasteiger partial charge in [-0.25, -0.2) is 0 Å². The van der Waals surface area contributed by atoms with Crippen LogP contribution in [0.4, 0.5) is 0 Å². The summed E-state index contributed by atoms with van der Waals surface area (Å²) in [6.07, 6.45) is 10.5. The number of carbonyl (C=O) groups is 4. The van der Waals surface area contributed by atoms with E-state index < -0.39 is 42.5 Å². The SMILES string of the molecule is CC(C)C[C@H](NC(=O)[C@@H](CCCCN)NC(=O)[C@@H](CO)NC(=O)CCCCCCCCCCN)C(N)=O. The minimum absolute atomic E-state index is 0.124. The van der Waals surface area contributed by atoms with E-state index in [0.717, 1.165) is 45.1 Å². The molecule has 3 atom stereocenters. The fourth-order valence-electron chi connectivity index (χ4n) is 3.98. The van der Waals surface area contributed by atoms with E-state index in [4.69, 9.17) is 17.2 Å². The minimum atomic E-state index is -1.18. The molecule has 0 rings (SSSR count). The highest BCUT2D eigenvalue weighted by molar-refractivity contribution is 5.94. The zero-order chi connectivity index (χ0) is 28.1. The summed E-state index contributed by atoms with van der Waals surface area (Å²) in [7, 11) is 0. The molecule has 0 aliphatic rings. The topological polar surface area (TPSA) is 203 Å². The Hall–Kier alpha value is -2.24. The zero-order valence-corrected chi connectivity index (χ0v) is 22.9. The van der Waals surface area contributed by atoms with Gasteiger partial charge >= 0.3 is 0 Å². The Morgan fingerprint density at radius 1 is 0.676 bits per heavy atom. The van der Waals surface area contributed by atoms with Gasteiger partial charge in [0.2, 0.25) is 23.6 Å². The Morgan fingerprint density at radius 3 is 1.68 bits per heavy atom. The molecule has 216 valence electrons. The monoisotopic (exact) mass is 528 g/mol. The molecule has 0 fully saturated rings. The number of carbonyl (C=O) groups excluding carboxylic acids is 4. The van der Waals surface area contributed by atoms with Gasteiger partial charge in [-0.3, -0.25) is 19.2 Å². The Kier molecular flexibility index (Phi) is 20.5. The highest BCUT2D eigenvalue weighted by Crippen LogP contribution is 2.10. The van der Waals surface area contributed by atoms with Crippen molar-refractivity contribution in [1.82, 2.24) is 16.0 Å². The van der Waals surface area contributed by atoms with Crippen LogP contribution in [-0.2, 0) is 19.2 Å². The van der Waals surface area contributed by atoms with Gasteiger partial charge in [0.1, 0.15) is 18.1 Å². The van der Waals surface area contributed by atoms with Gasteiger partial charge in [0.15, 0.2) is 0 Å². The molecule has 0 saturated heterocycles. The van der Waals surface area contributed by atoms with E-state index in [0.29, 0.717) is 38.6 Å². The first-order valence-corrected chi connectivity index (χ1v) is 13.9. The van der Waals surface area contributed by atoms with Crippen LogP contribution in [0.3, 0.4) is 0 Å². The normalized spacial score (nSPS) is 13.6. The van der Waals surface area contributed by atoms with Crippen LogP contribution in [0, 0.1) is 5.92 Å². The van der Waals surface area contributed by atoms with Gasteiger partial charge in [-0.2, -0.15) is 0 Å². The molecule has 0 unspecified atom stereocenters. The quantitative estimate of drug-likeness (QED) is 0.0938. The second-order valence-electron chi connectivity index (χ2n) is 10.1. The number of hydrogen-bond donors (Lipinski definition) is 7. The van der Waals surface area contributed by atoms with Crippen molar-refractivity contribution >= 4 is 23.6 Å². The van der Waals surface area contributed by atoms with Gasteiger partial charge < -0.3 is 38.3 Å². The molecule has 0 aromatic carbocycles. The van der Waals surface area contributed by atoms with Crippen LogP contribution in [0.1, 0.15) is 97.3 Å². The second kappa shape index (κ2) is 21.8. The lowest BCUT2D eigenvalue weighted by Gasteiger charge is -2.24. The van der Waals surface area contributed by atoms with Crippen molar-refractivity contribution in [2.45, 2.75) is 115 Å². The first-order chi connectivity index (χ1) is 17.7. The summed E-state index contributed by atoms with van der Waals surface area (Å²) in [5, 5.41) is 17.5. The molecule has 0 saturated carbocycles. The number of primary amides is 1. The van der Waals surface area contributed by atoms with Crippen molar-refractivity contribution in [3.8, 4) is 0 Å². The van der Waals surface area contributed by atoms with Crippen LogP contribution >= 0.6 is 0 Å². The lowest BCUT2D eigenvalue weighted by molar-refractivity contribution is -0.134. The van der Waals surface area contributed by atoms with E-state index in [-0.39, 0.29) is 18.2 Å². The molecule has 11 nitrogen and oxygen atoms in total. The molecule has 37 heavy (non-hydrogen) atoms. The summed E-state index contributed by atoms with van der Waals surface area (Å²) < 4.78 is 0. The summed E-state index contributed by atoms with van der Waals surface area (Å²) in [4.78, 5) is 49.8. The number of nitrogens with two attached hydrogens (primary N) is 3. The minimum Gasteiger partial charge on any atom is -0.394 e. The summed E-state index contributed by atoms with van der Waals surface area (Å²) >= 11 is 0. The molecular weight excluding hydrogens is 476 g/mol. The molecule has 4 amide bonds. The highest BCUT2D eigenvalue weighted by Gasteiger charge is 2.28. The summed E-state index contributed by atoms with van der Waals surface area (Å²) in [6.45, 7) is 4.38. The molecular formula is C26H52N6O5. The Balaban J connectivity index is 4.76.